The molecule has 0 aromatic heterocycles. The van der Waals surface area contributed by atoms with Crippen molar-refractivity contribution in [1.29, 1.82) is 0 Å². The van der Waals surface area contributed by atoms with Gasteiger partial charge in [-0.05, 0) is 18.2 Å². The smallest absolute Gasteiger partial charge is 0.253 e. The molecule has 1 aromatic carbocycles. The Kier molecular flexibility index (Phi) is 3.78. The normalized spacial score (nSPS) is 19.2. The molecular weight excluding hydrogens is 275 g/mol. The molecule has 6 heteroatoms. The van der Waals surface area contributed by atoms with Gasteiger partial charge in [0.15, 0.2) is 0 Å². The van der Waals surface area contributed by atoms with Crippen LogP contribution in [0, 0.1) is 0 Å². The molecule has 1 N–H and O–H groups in total. The Labute approximate surface area is 115 Å². The maximum Gasteiger partial charge on any atom is 0.253 e. The van der Waals surface area contributed by atoms with Gasteiger partial charge in [0.05, 0.1) is 16.6 Å². The number of alkyl halides is 1. The van der Waals surface area contributed by atoms with Gasteiger partial charge < -0.3 is 10.2 Å². The Bertz CT molecular complexity index is 505. The number of halogens is 2. The van der Waals surface area contributed by atoms with Crippen molar-refractivity contribution in [2.75, 3.05) is 18.5 Å². The van der Waals surface area contributed by atoms with E-state index < -0.39 is 0 Å². The van der Waals surface area contributed by atoms with Gasteiger partial charge in [-0.3, -0.25) is 9.59 Å². The number of rotatable bonds is 2. The molecule has 1 fully saturated rings. The molecule has 1 unspecified atom stereocenters. The van der Waals surface area contributed by atoms with Crippen LogP contribution in [-0.4, -0.2) is 30.8 Å². The summed E-state index contributed by atoms with van der Waals surface area (Å²) >= 11 is 11.9. The fourth-order valence-electron chi connectivity index (χ4n) is 1.95. The average Bonchev–Trinajstić information content (AvgIpc) is 2.67. The lowest BCUT2D eigenvalue weighted by Gasteiger charge is -2.19. The Morgan fingerprint density at radius 1 is 1.50 bits per heavy atom. The molecule has 1 aliphatic heterocycles. The SMILES string of the molecule is CNC(=O)c1ccc(Cl)cc1N1CC(Cl)CC1=O. The summed E-state index contributed by atoms with van der Waals surface area (Å²) in [5, 5.41) is 2.79. The zero-order valence-corrected chi connectivity index (χ0v) is 11.3. The van der Waals surface area contributed by atoms with E-state index in [9.17, 15) is 9.59 Å². The average molecular weight is 287 g/mol. The number of carbonyl (C=O) groups excluding carboxylic acids is 2. The molecule has 0 aliphatic carbocycles. The lowest BCUT2D eigenvalue weighted by molar-refractivity contribution is -0.117. The topological polar surface area (TPSA) is 49.4 Å². The highest BCUT2D eigenvalue weighted by Gasteiger charge is 2.31. The van der Waals surface area contributed by atoms with Gasteiger partial charge in [0.1, 0.15) is 0 Å². The van der Waals surface area contributed by atoms with Crippen molar-refractivity contribution in [3.8, 4) is 0 Å². The van der Waals surface area contributed by atoms with Crippen molar-refractivity contribution in [2.45, 2.75) is 11.8 Å². The van der Waals surface area contributed by atoms with Crippen molar-refractivity contribution in [1.82, 2.24) is 5.32 Å². The van der Waals surface area contributed by atoms with E-state index in [4.69, 9.17) is 23.2 Å². The fourth-order valence-corrected chi connectivity index (χ4v) is 2.39. The molecule has 1 heterocycles. The third-order valence-electron chi connectivity index (χ3n) is 2.80. The number of amides is 2. The summed E-state index contributed by atoms with van der Waals surface area (Å²) in [7, 11) is 1.54. The van der Waals surface area contributed by atoms with Crippen LogP contribution in [0.15, 0.2) is 18.2 Å². The first-order chi connectivity index (χ1) is 8.52. The second-order valence-electron chi connectivity index (χ2n) is 4.05. The highest BCUT2D eigenvalue weighted by atomic mass is 35.5. The van der Waals surface area contributed by atoms with Crippen molar-refractivity contribution in [3.63, 3.8) is 0 Å². The molecule has 0 spiro atoms. The minimum atomic E-state index is -0.257. The highest BCUT2D eigenvalue weighted by Crippen LogP contribution is 2.30. The molecule has 2 amide bonds. The summed E-state index contributed by atoms with van der Waals surface area (Å²) < 4.78 is 0. The van der Waals surface area contributed by atoms with Crippen LogP contribution in [0.3, 0.4) is 0 Å². The van der Waals surface area contributed by atoms with E-state index in [0.29, 0.717) is 22.8 Å². The largest absolute Gasteiger partial charge is 0.355 e. The standard InChI is InChI=1S/C12H12Cl2N2O2/c1-15-12(18)9-3-2-7(13)4-10(9)16-6-8(14)5-11(16)17/h2-4,8H,5-6H2,1H3,(H,15,18). The second-order valence-corrected chi connectivity index (χ2v) is 5.10. The van der Waals surface area contributed by atoms with E-state index in [1.165, 1.54) is 11.9 Å². The van der Waals surface area contributed by atoms with Gasteiger partial charge >= 0.3 is 0 Å². The molecule has 96 valence electrons. The lowest BCUT2D eigenvalue weighted by Crippen LogP contribution is -2.28. The number of hydrogen-bond acceptors (Lipinski definition) is 2. The molecule has 0 radical (unpaired) electrons. The maximum absolute atomic E-state index is 11.8. The first-order valence-corrected chi connectivity index (χ1v) is 6.30. The van der Waals surface area contributed by atoms with Crippen LogP contribution >= 0.6 is 23.2 Å². The van der Waals surface area contributed by atoms with Crippen molar-refractivity contribution < 1.29 is 9.59 Å². The summed E-state index contributed by atoms with van der Waals surface area (Å²) in [5.41, 5.74) is 0.927. The number of nitrogens with zero attached hydrogens (tertiary/aromatic N) is 1. The zero-order chi connectivity index (χ0) is 13.3. The number of hydrogen-bond donors (Lipinski definition) is 1. The molecule has 1 aliphatic rings. The molecule has 4 nitrogen and oxygen atoms in total. The molecule has 0 bridgehead atoms. The number of carbonyl (C=O) groups is 2. The van der Waals surface area contributed by atoms with Crippen LogP contribution in [0.4, 0.5) is 5.69 Å². The monoisotopic (exact) mass is 286 g/mol. The number of benzene rings is 1. The Morgan fingerprint density at radius 3 is 2.78 bits per heavy atom. The lowest BCUT2D eigenvalue weighted by atomic mass is 10.1. The maximum atomic E-state index is 11.8. The highest BCUT2D eigenvalue weighted by molar-refractivity contribution is 6.31. The van der Waals surface area contributed by atoms with Gasteiger partial charge in [-0.1, -0.05) is 11.6 Å². The van der Waals surface area contributed by atoms with Crippen LogP contribution < -0.4 is 10.2 Å². The molecule has 1 aromatic rings. The van der Waals surface area contributed by atoms with Crippen molar-refractivity contribution >= 4 is 40.7 Å². The molecule has 0 saturated carbocycles. The Balaban J connectivity index is 2.45. The van der Waals surface area contributed by atoms with E-state index >= 15 is 0 Å². The number of nitrogens with one attached hydrogen (secondary N) is 1. The van der Waals surface area contributed by atoms with E-state index in [-0.39, 0.29) is 23.6 Å². The fraction of sp³-hybridized carbons (Fsp3) is 0.333. The Morgan fingerprint density at radius 2 is 2.22 bits per heavy atom. The third kappa shape index (κ3) is 2.44. The van der Waals surface area contributed by atoms with Gasteiger partial charge in [-0.2, -0.15) is 0 Å². The molecule has 1 saturated heterocycles. The van der Waals surface area contributed by atoms with Crippen LogP contribution in [-0.2, 0) is 4.79 Å². The van der Waals surface area contributed by atoms with Crippen molar-refractivity contribution in [3.05, 3.63) is 28.8 Å². The molecule has 2 rings (SSSR count). The van der Waals surface area contributed by atoms with Gasteiger partial charge in [0.2, 0.25) is 5.91 Å². The van der Waals surface area contributed by atoms with Crippen LogP contribution in [0.1, 0.15) is 16.8 Å². The van der Waals surface area contributed by atoms with Gasteiger partial charge in [0, 0.05) is 25.0 Å². The van der Waals surface area contributed by atoms with Crippen LogP contribution in [0.25, 0.3) is 0 Å². The minimum Gasteiger partial charge on any atom is -0.355 e. The molecular formula is C12H12Cl2N2O2. The van der Waals surface area contributed by atoms with Crippen LogP contribution in [0.2, 0.25) is 5.02 Å². The van der Waals surface area contributed by atoms with Gasteiger partial charge in [-0.25, -0.2) is 0 Å². The quantitative estimate of drug-likeness (QED) is 0.846. The number of anilines is 1. The first-order valence-electron chi connectivity index (χ1n) is 5.49. The molecule has 18 heavy (non-hydrogen) atoms. The zero-order valence-electron chi connectivity index (χ0n) is 9.74. The van der Waals surface area contributed by atoms with E-state index in [0.717, 1.165) is 0 Å². The summed E-state index contributed by atoms with van der Waals surface area (Å²) in [5.74, 6) is -0.352. The predicted molar refractivity (Wildman–Crippen MR) is 71.5 cm³/mol. The Hall–Kier alpha value is -1.26. The predicted octanol–water partition coefficient (Wildman–Crippen LogP) is 2.04. The van der Waals surface area contributed by atoms with Gasteiger partial charge in [0.25, 0.3) is 5.91 Å². The van der Waals surface area contributed by atoms with Crippen LogP contribution in [0.5, 0.6) is 0 Å². The second kappa shape index (κ2) is 5.16. The first kappa shape index (κ1) is 13.2. The van der Waals surface area contributed by atoms with E-state index in [1.807, 2.05) is 0 Å². The van der Waals surface area contributed by atoms with Gasteiger partial charge in [-0.15, -0.1) is 11.6 Å². The van der Waals surface area contributed by atoms with E-state index in [2.05, 4.69) is 5.32 Å². The van der Waals surface area contributed by atoms with Crippen molar-refractivity contribution in [2.24, 2.45) is 0 Å². The summed E-state index contributed by atoms with van der Waals surface area (Å²) in [4.78, 5) is 25.1. The minimum absolute atomic E-state index is 0.0950. The molecule has 1 atom stereocenters. The summed E-state index contributed by atoms with van der Waals surface area (Å²) in [6.07, 6.45) is 0.279. The summed E-state index contributed by atoms with van der Waals surface area (Å²) in [6.45, 7) is 0.394. The van der Waals surface area contributed by atoms with E-state index in [1.54, 1.807) is 18.2 Å². The third-order valence-corrected chi connectivity index (χ3v) is 3.33. The summed E-state index contributed by atoms with van der Waals surface area (Å²) in [6, 6.07) is 4.83.